The highest BCUT2D eigenvalue weighted by Crippen LogP contribution is 2.17. The molecule has 0 aliphatic carbocycles. The maximum absolute atomic E-state index is 11.4. The van der Waals surface area contributed by atoms with E-state index in [2.05, 4.69) is 10.3 Å². The molecule has 0 radical (unpaired) electrons. The number of carbonyl (C=O) groups excluding carboxylic acids is 1. The van der Waals surface area contributed by atoms with Gasteiger partial charge in [0, 0.05) is 31.2 Å². The lowest BCUT2D eigenvalue weighted by Crippen LogP contribution is -2.28. The lowest BCUT2D eigenvalue weighted by Gasteiger charge is -2.14. The predicted molar refractivity (Wildman–Crippen MR) is 65.6 cm³/mol. The van der Waals surface area contributed by atoms with Crippen LogP contribution in [0, 0.1) is 20.8 Å². The number of hydrogen-bond donors (Lipinski definition) is 1. The summed E-state index contributed by atoms with van der Waals surface area (Å²) in [6.07, 6.45) is 0. The number of rotatable bonds is 3. The first-order chi connectivity index (χ1) is 7.41. The molecule has 1 heterocycles. The zero-order chi connectivity index (χ0) is 12.3. The Labute approximate surface area is 96.7 Å². The van der Waals surface area contributed by atoms with Crippen molar-refractivity contribution in [3.63, 3.8) is 0 Å². The van der Waals surface area contributed by atoms with Gasteiger partial charge in [0.15, 0.2) is 0 Å². The Hall–Kier alpha value is -1.58. The molecule has 4 heteroatoms. The van der Waals surface area contributed by atoms with Crippen molar-refractivity contribution in [1.82, 2.24) is 9.88 Å². The molecule has 0 unspecified atom stereocenters. The Kier molecular flexibility index (Phi) is 3.88. The summed E-state index contributed by atoms with van der Waals surface area (Å²) in [5, 5.41) is 3.14. The Balaban J connectivity index is 2.78. The molecule has 1 aromatic rings. The van der Waals surface area contributed by atoms with Crippen LogP contribution in [0.5, 0.6) is 0 Å². The average Bonchev–Trinajstić information content (AvgIpc) is 2.20. The summed E-state index contributed by atoms with van der Waals surface area (Å²) in [6, 6.07) is 1.96. The molecule has 88 valence electrons. The fraction of sp³-hybridized carbons (Fsp3) is 0.500. The van der Waals surface area contributed by atoms with Gasteiger partial charge < -0.3 is 10.2 Å². The minimum absolute atomic E-state index is 0.0616. The number of hydrogen-bond acceptors (Lipinski definition) is 3. The molecule has 0 aliphatic heterocycles. The van der Waals surface area contributed by atoms with Crippen LogP contribution in [0.15, 0.2) is 6.07 Å². The van der Waals surface area contributed by atoms with Crippen LogP contribution >= 0.6 is 0 Å². The molecule has 1 N–H and O–H groups in total. The molecular weight excluding hydrogens is 202 g/mol. The molecule has 1 amide bonds. The number of aryl methyl sites for hydroxylation is 2. The van der Waals surface area contributed by atoms with Crippen LogP contribution in [0.2, 0.25) is 0 Å². The topological polar surface area (TPSA) is 45.2 Å². The van der Waals surface area contributed by atoms with Crippen molar-refractivity contribution in [3.8, 4) is 0 Å². The van der Waals surface area contributed by atoms with Gasteiger partial charge in [-0.2, -0.15) is 0 Å². The second kappa shape index (κ2) is 4.96. The quantitative estimate of drug-likeness (QED) is 0.841. The Bertz CT molecular complexity index is 399. The summed E-state index contributed by atoms with van der Waals surface area (Å²) in [5.74, 6) is 0.0616. The second-order valence-corrected chi connectivity index (χ2v) is 4.16. The Morgan fingerprint density at radius 2 is 2.00 bits per heavy atom. The van der Waals surface area contributed by atoms with Gasteiger partial charge in [0.2, 0.25) is 5.91 Å². The fourth-order valence-corrected chi connectivity index (χ4v) is 1.41. The van der Waals surface area contributed by atoms with E-state index in [4.69, 9.17) is 0 Å². The van der Waals surface area contributed by atoms with E-state index < -0.39 is 0 Å². The van der Waals surface area contributed by atoms with Gasteiger partial charge in [-0.1, -0.05) is 0 Å². The van der Waals surface area contributed by atoms with Crippen LogP contribution in [0.3, 0.4) is 0 Å². The van der Waals surface area contributed by atoms with E-state index in [1.54, 1.807) is 19.0 Å². The summed E-state index contributed by atoms with van der Waals surface area (Å²) < 4.78 is 0. The standard InChI is InChI=1S/C12H19N3O/c1-8-6-11(9(2)10(3)14-8)13-7-12(16)15(4)5/h6H,7H2,1-5H3,(H,13,14). The summed E-state index contributed by atoms with van der Waals surface area (Å²) in [7, 11) is 3.50. The normalized spacial score (nSPS) is 10.1. The van der Waals surface area contributed by atoms with Crippen LogP contribution in [0.25, 0.3) is 0 Å². The SMILES string of the molecule is Cc1cc(NCC(=O)N(C)C)c(C)c(C)n1. The maximum atomic E-state index is 11.4. The highest BCUT2D eigenvalue weighted by atomic mass is 16.2. The summed E-state index contributed by atoms with van der Waals surface area (Å²) >= 11 is 0. The van der Waals surface area contributed by atoms with E-state index in [1.165, 1.54) is 0 Å². The number of anilines is 1. The van der Waals surface area contributed by atoms with Crippen molar-refractivity contribution in [2.45, 2.75) is 20.8 Å². The van der Waals surface area contributed by atoms with E-state index >= 15 is 0 Å². The van der Waals surface area contributed by atoms with Crippen molar-refractivity contribution in [2.75, 3.05) is 26.0 Å². The number of likely N-dealkylation sites (N-methyl/N-ethyl adjacent to an activating group) is 1. The number of pyridine rings is 1. The molecule has 1 aromatic heterocycles. The van der Waals surface area contributed by atoms with Crippen LogP contribution < -0.4 is 5.32 Å². The van der Waals surface area contributed by atoms with Crippen molar-refractivity contribution in [1.29, 1.82) is 0 Å². The zero-order valence-corrected chi connectivity index (χ0v) is 10.6. The molecular formula is C12H19N3O. The first-order valence-corrected chi connectivity index (χ1v) is 5.30. The molecule has 0 bridgehead atoms. The number of carbonyl (C=O) groups is 1. The lowest BCUT2D eigenvalue weighted by molar-refractivity contribution is -0.126. The average molecular weight is 221 g/mol. The predicted octanol–water partition coefficient (Wildman–Crippen LogP) is 1.51. The minimum Gasteiger partial charge on any atom is -0.376 e. The Morgan fingerprint density at radius 1 is 1.38 bits per heavy atom. The van der Waals surface area contributed by atoms with Crippen molar-refractivity contribution < 1.29 is 4.79 Å². The first-order valence-electron chi connectivity index (χ1n) is 5.30. The van der Waals surface area contributed by atoms with Gasteiger partial charge in [-0.3, -0.25) is 9.78 Å². The van der Waals surface area contributed by atoms with Crippen LogP contribution in [-0.4, -0.2) is 36.4 Å². The van der Waals surface area contributed by atoms with E-state index in [9.17, 15) is 4.79 Å². The minimum atomic E-state index is 0.0616. The zero-order valence-electron chi connectivity index (χ0n) is 10.6. The monoisotopic (exact) mass is 221 g/mol. The van der Waals surface area contributed by atoms with Gasteiger partial charge in [-0.05, 0) is 32.4 Å². The fourth-order valence-electron chi connectivity index (χ4n) is 1.41. The van der Waals surface area contributed by atoms with E-state index in [0.29, 0.717) is 6.54 Å². The number of aromatic nitrogens is 1. The smallest absolute Gasteiger partial charge is 0.241 e. The molecule has 0 atom stereocenters. The molecule has 0 aliphatic rings. The van der Waals surface area contributed by atoms with Gasteiger partial charge in [0.25, 0.3) is 0 Å². The largest absolute Gasteiger partial charge is 0.376 e. The van der Waals surface area contributed by atoms with Gasteiger partial charge in [-0.25, -0.2) is 0 Å². The van der Waals surface area contributed by atoms with Crippen molar-refractivity contribution in [2.24, 2.45) is 0 Å². The maximum Gasteiger partial charge on any atom is 0.241 e. The highest BCUT2D eigenvalue weighted by molar-refractivity contribution is 5.80. The molecule has 0 fully saturated rings. The molecule has 0 aromatic carbocycles. The van der Waals surface area contributed by atoms with Crippen LogP contribution in [-0.2, 0) is 4.79 Å². The van der Waals surface area contributed by atoms with Crippen LogP contribution in [0.4, 0.5) is 5.69 Å². The van der Waals surface area contributed by atoms with Crippen molar-refractivity contribution >= 4 is 11.6 Å². The van der Waals surface area contributed by atoms with E-state index in [1.807, 2.05) is 26.8 Å². The van der Waals surface area contributed by atoms with Gasteiger partial charge in [0.1, 0.15) is 0 Å². The van der Waals surface area contributed by atoms with Gasteiger partial charge in [0.05, 0.1) is 6.54 Å². The first kappa shape index (κ1) is 12.5. The number of nitrogens with one attached hydrogen (secondary N) is 1. The van der Waals surface area contributed by atoms with E-state index in [-0.39, 0.29) is 5.91 Å². The molecule has 0 spiro atoms. The van der Waals surface area contributed by atoms with Crippen molar-refractivity contribution in [3.05, 3.63) is 23.0 Å². The molecule has 0 saturated heterocycles. The van der Waals surface area contributed by atoms with Crippen LogP contribution in [0.1, 0.15) is 17.0 Å². The molecule has 0 saturated carbocycles. The van der Waals surface area contributed by atoms with E-state index in [0.717, 1.165) is 22.6 Å². The van der Waals surface area contributed by atoms with Gasteiger partial charge >= 0.3 is 0 Å². The Morgan fingerprint density at radius 3 is 2.56 bits per heavy atom. The van der Waals surface area contributed by atoms with Gasteiger partial charge in [-0.15, -0.1) is 0 Å². The molecule has 4 nitrogen and oxygen atoms in total. The third-order valence-electron chi connectivity index (χ3n) is 2.57. The number of amides is 1. The third-order valence-corrected chi connectivity index (χ3v) is 2.57. The summed E-state index contributed by atoms with van der Waals surface area (Å²) in [6.45, 7) is 6.24. The molecule has 16 heavy (non-hydrogen) atoms. The second-order valence-electron chi connectivity index (χ2n) is 4.16. The highest BCUT2D eigenvalue weighted by Gasteiger charge is 2.07. The number of nitrogens with zero attached hydrogens (tertiary/aromatic N) is 2. The summed E-state index contributed by atoms with van der Waals surface area (Å²) in [5.41, 5.74) is 4.04. The lowest BCUT2D eigenvalue weighted by atomic mass is 10.1. The summed E-state index contributed by atoms with van der Waals surface area (Å²) in [4.78, 5) is 17.4. The third kappa shape index (κ3) is 2.95. The molecule has 1 rings (SSSR count).